The van der Waals surface area contributed by atoms with E-state index in [0.717, 1.165) is 0 Å². The lowest BCUT2D eigenvalue weighted by molar-refractivity contribution is -0.120. The van der Waals surface area contributed by atoms with Gasteiger partial charge >= 0.3 is 0 Å². The maximum atomic E-state index is 13.8. The number of benzene rings is 2. The Morgan fingerprint density at radius 2 is 2.04 bits per heavy atom. The summed E-state index contributed by atoms with van der Waals surface area (Å²) in [5, 5.41) is 2.73. The molecule has 0 aromatic heterocycles. The van der Waals surface area contributed by atoms with Gasteiger partial charge in [-0.05, 0) is 43.2 Å². The summed E-state index contributed by atoms with van der Waals surface area (Å²) in [5.74, 6) is -1.14. The standard InChI is InChI=1S/C19H20ClFN2O4S/c1-27-18-9-8-14(11-15(18)20)28(25,26)23-10-4-5-13(12-23)19(24)22-17-7-3-2-6-16(17)21/h2-3,6-9,11,13H,4-5,10,12H2,1H3,(H,22,24)/t13-/m0/s1. The second kappa shape index (κ2) is 8.46. The van der Waals surface area contributed by atoms with Crippen molar-refractivity contribution in [1.29, 1.82) is 0 Å². The highest BCUT2D eigenvalue weighted by Gasteiger charge is 2.33. The smallest absolute Gasteiger partial charge is 0.243 e. The van der Waals surface area contributed by atoms with Crippen molar-refractivity contribution in [2.24, 2.45) is 5.92 Å². The minimum Gasteiger partial charge on any atom is -0.495 e. The Labute approximate surface area is 168 Å². The topological polar surface area (TPSA) is 75.7 Å². The number of methoxy groups -OCH3 is 1. The number of sulfonamides is 1. The molecular formula is C19H20ClFN2O4S. The van der Waals surface area contributed by atoms with E-state index in [0.29, 0.717) is 25.1 Å². The molecule has 6 nitrogen and oxygen atoms in total. The van der Waals surface area contributed by atoms with Gasteiger partial charge in [0.2, 0.25) is 15.9 Å². The van der Waals surface area contributed by atoms with Gasteiger partial charge in [0.05, 0.1) is 28.6 Å². The number of nitrogens with zero attached hydrogens (tertiary/aromatic N) is 1. The van der Waals surface area contributed by atoms with Gasteiger partial charge in [0.1, 0.15) is 11.6 Å². The molecule has 0 bridgehead atoms. The van der Waals surface area contributed by atoms with Gasteiger partial charge in [-0.3, -0.25) is 4.79 Å². The van der Waals surface area contributed by atoms with Gasteiger partial charge in [-0.25, -0.2) is 12.8 Å². The van der Waals surface area contributed by atoms with Gasteiger partial charge in [-0.2, -0.15) is 4.31 Å². The molecule has 1 aliphatic heterocycles. The van der Waals surface area contributed by atoms with Crippen molar-refractivity contribution in [3.63, 3.8) is 0 Å². The van der Waals surface area contributed by atoms with E-state index < -0.39 is 27.7 Å². The molecule has 2 aromatic rings. The minimum absolute atomic E-state index is 0.0201. The Bertz CT molecular complexity index is 984. The second-order valence-electron chi connectivity index (χ2n) is 6.47. The van der Waals surface area contributed by atoms with Crippen LogP contribution in [0, 0.1) is 11.7 Å². The van der Waals surface area contributed by atoms with Crippen molar-refractivity contribution in [2.45, 2.75) is 17.7 Å². The van der Waals surface area contributed by atoms with E-state index in [-0.39, 0.29) is 22.2 Å². The van der Waals surface area contributed by atoms with Crippen molar-refractivity contribution < 1.29 is 22.3 Å². The number of halogens is 2. The third-order valence-corrected chi connectivity index (χ3v) is 6.80. The molecule has 1 amide bonds. The van der Waals surface area contributed by atoms with Crippen LogP contribution in [0.3, 0.4) is 0 Å². The first-order valence-electron chi connectivity index (χ1n) is 8.72. The molecule has 0 saturated carbocycles. The average molecular weight is 427 g/mol. The molecule has 1 saturated heterocycles. The van der Waals surface area contributed by atoms with E-state index in [9.17, 15) is 17.6 Å². The summed E-state index contributed by atoms with van der Waals surface area (Å²) >= 11 is 6.05. The Morgan fingerprint density at radius 3 is 2.71 bits per heavy atom. The van der Waals surface area contributed by atoms with Crippen LogP contribution in [0.1, 0.15) is 12.8 Å². The zero-order valence-electron chi connectivity index (χ0n) is 15.2. The molecule has 0 spiro atoms. The summed E-state index contributed by atoms with van der Waals surface area (Å²) in [5.41, 5.74) is 0.0782. The first kappa shape index (κ1) is 20.6. The van der Waals surface area contributed by atoms with E-state index in [1.807, 2.05) is 0 Å². The van der Waals surface area contributed by atoms with Gasteiger partial charge in [0.15, 0.2) is 0 Å². The normalized spacial score (nSPS) is 17.9. The summed E-state index contributed by atoms with van der Waals surface area (Å²) < 4.78 is 46.0. The van der Waals surface area contributed by atoms with Crippen LogP contribution < -0.4 is 10.1 Å². The lowest BCUT2D eigenvalue weighted by atomic mass is 9.98. The van der Waals surface area contributed by atoms with Crippen LogP contribution in [0.25, 0.3) is 0 Å². The molecular weight excluding hydrogens is 407 g/mol. The quantitative estimate of drug-likeness (QED) is 0.793. The molecule has 3 rings (SSSR count). The fourth-order valence-electron chi connectivity index (χ4n) is 3.13. The van der Waals surface area contributed by atoms with Crippen molar-refractivity contribution in [2.75, 3.05) is 25.5 Å². The Morgan fingerprint density at radius 1 is 1.29 bits per heavy atom. The van der Waals surface area contributed by atoms with E-state index in [1.54, 1.807) is 6.07 Å². The fourth-order valence-corrected chi connectivity index (χ4v) is 5.00. The highest BCUT2D eigenvalue weighted by atomic mass is 35.5. The summed E-state index contributed by atoms with van der Waals surface area (Å²) in [7, 11) is -2.37. The van der Waals surface area contributed by atoms with Crippen molar-refractivity contribution in [3.8, 4) is 5.75 Å². The van der Waals surface area contributed by atoms with Gasteiger partial charge < -0.3 is 10.1 Å². The van der Waals surface area contributed by atoms with Crippen molar-refractivity contribution in [3.05, 3.63) is 53.3 Å². The molecule has 1 fully saturated rings. The van der Waals surface area contributed by atoms with E-state index in [1.165, 1.54) is 47.8 Å². The van der Waals surface area contributed by atoms with Crippen LogP contribution in [0.4, 0.5) is 10.1 Å². The molecule has 1 heterocycles. The molecule has 0 radical (unpaired) electrons. The number of anilines is 1. The van der Waals surface area contributed by atoms with E-state index in [2.05, 4.69) is 5.32 Å². The van der Waals surface area contributed by atoms with Gasteiger partial charge in [0.25, 0.3) is 0 Å². The monoisotopic (exact) mass is 426 g/mol. The highest BCUT2D eigenvalue weighted by Crippen LogP contribution is 2.30. The van der Waals surface area contributed by atoms with Gasteiger partial charge in [0, 0.05) is 13.1 Å². The van der Waals surface area contributed by atoms with Crippen LogP contribution >= 0.6 is 11.6 Å². The predicted octanol–water partition coefficient (Wildman–Crippen LogP) is 3.53. The molecule has 0 aliphatic carbocycles. The summed E-state index contributed by atoms with van der Waals surface area (Å²) in [4.78, 5) is 12.6. The third kappa shape index (κ3) is 4.29. The summed E-state index contributed by atoms with van der Waals surface area (Å²) in [6, 6.07) is 10.1. The number of rotatable bonds is 5. The minimum atomic E-state index is -3.82. The Kier molecular flexibility index (Phi) is 6.22. The summed E-state index contributed by atoms with van der Waals surface area (Å²) in [6.07, 6.45) is 1.05. The van der Waals surface area contributed by atoms with Crippen LogP contribution in [0.5, 0.6) is 5.75 Å². The highest BCUT2D eigenvalue weighted by molar-refractivity contribution is 7.89. The molecule has 1 atom stereocenters. The average Bonchev–Trinajstić information content (AvgIpc) is 2.69. The van der Waals surface area contributed by atoms with Crippen molar-refractivity contribution >= 4 is 33.2 Å². The van der Waals surface area contributed by atoms with Crippen LogP contribution in [-0.4, -0.2) is 38.8 Å². The molecule has 1 N–H and O–H groups in total. The number of para-hydroxylation sites is 1. The van der Waals surface area contributed by atoms with E-state index in [4.69, 9.17) is 16.3 Å². The van der Waals surface area contributed by atoms with Gasteiger partial charge in [-0.1, -0.05) is 23.7 Å². The SMILES string of the molecule is COc1ccc(S(=O)(=O)N2CCC[C@H](C(=O)Nc3ccccc3F)C2)cc1Cl. The fraction of sp³-hybridized carbons (Fsp3) is 0.316. The predicted molar refractivity (Wildman–Crippen MR) is 105 cm³/mol. The zero-order chi connectivity index (χ0) is 20.3. The van der Waals surface area contributed by atoms with Crippen LogP contribution in [0.2, 0.25) is 5.02 Å². The number of carbonyl (C=O) groups excluding carboxylic acids is 1. The molecule has 0 unspecified atom stereocenters. The first-order valence-corrected chi connectivity index (χ1v) is 10.5. The molecule has 2 aromatic carbocycles. The zero-order valence-corrected chi connectivity index (χ0v) is 16.8. The largest absolute Gasteiger partial charge is 0.495 e. The lowest BCUT2D eigenvalue weighted by Crippen LogP contribution is -2.43. The number of carbonyl (C=O) groups is 1. The number of nitrogens with one attached hydrogen (secondary N) is 1. The molecule has 9 heteroatoms. The second-order valence-corrected chi connectivity index (χ2v) is 8.81. The van der Waals surface area contributed by atoms with Crippen LogP contribution in [0.15, 0.2) is 47.4 Å². The maximum Gasteiger partial charge on any atom is 0.243 e. The third-order valence-electron chi connectivity index (χ3n) is 4.65. The lowest BCUT2D eigenvalue weighted by Gasteiger charge is -2.31. The number of piperidine rings is 1. The number of amides is 1. The number of ether oxygens (including phenoxy) is 1. The number of hydrogen-bond acceptors (Lipinski definition) is 4. The van der Waals surface area contributed by atoms with E-state index >= 15 is 0 Å². The first-order chi connectivity index (χ1) is 13.3. The van der Waals surface area contributed by atoms with Crippen molar-refractivity contribution in [1.82, 2.24) is 4.31 Å². The Hall–Kier alpha value is -2.16. The Balaban J connectivity index is 1.76. The molecule has 28 heavy (non-hydrogen) atoms. The van der Waals surface area contributed by atoms with Gasteiger partial charge in [-0.15, -0.1) is 0 Å². The molecule has 150 valence electrons. The summed E-state index contributed by atoms with van der Waals surface area (Å²) in [6.45, 7) is 0.321. The van der Waals surface area contributed by atoms with Crippen LogP contribution in [-0.2, 0) is 14.8 Å². The molecule has 1 aliphatic rings. The number of hydrogen-bond donors (Lipinski definition) is 1. The maximum absolute atomic E-state index is 13.8.